The van der Waals surface area contributed by atoms with Gasteiger partial charge in [-0.05, 0) is 138 Å². The molecular formula is C56H78O8S2Si2. The van der Waals surface area contributed by atoms with Crippen molar-refractivity contribution in [3.63, 3.8) is 0 Å². The topological polar surface area (TPSA) is 101 Å². The number of para-hydroxylation sites is 1. The van der Waals surface area contributed by atoms with Crippen molar-refractivity contribution in [1.29, 1.82) is 0 Å². The zero-order valence-corrected chi connectivity index (χ0v) is 46.4. The first-order valence-corrected chi connectivity index (χ1v) is 32.4. The summed E-state index contributed by atoms with van der Waals surface area (Å²) >= 11 is 1.33. The largest absolute Gasteiger partial charge is 0.496 e. The second kappa shape index (κ2) is 24.3. The van der Waals surface area contributed by atoms with Gasteiger partial charge in [0.2, 0.25) is 0 Å². The van der Waals surface area contributed by atoms with E-state index < -0.39 is 32.9 Å². The number of benzene rings is 5. The van der Waals surface area contributed by atoms with Crippen molar-refractivity contribution >= 4 is 38.5 Å². The molecule has 5 rings (SSSR count). The molecule has 0 aliphatic rings. The molecule has 68 heavy (non-hydrogen) atoms. The number of aliphatic hydroxyl groups is 1. The first-order valence-electron chi connectivity index (χ1n) is 24.4. The monoisotopic (exact) mass is 998 g/mol. The van der Waals surface area contributed by atoms with Crippen molar-refractivity contribution in [2.45, 2.75) is 163 Å². The number of ether oxygens (including phenoxy) is 2. The third-order valence-electron chi connectivity index (χ3n) is 13.6. The van der Waals surface area contributed by atoms with Crippen molar-refractivity contribution in [3.8, 4) is 28.4 Å². The van der Waals surface area contributed by atoms with Crippen molar-refractivity contribution in [2.24, 2.45) is 0 Å². The van der Waals surface area contributed by atoms with Crippen molar-refractivity contribution in [1.82, 2.24) is 0 Å². The molecule has 0 spiro atoms. The molecule has 370 valence electrons. The number of hydrogen-bond donors (Lipinski definition) is 1. The quantitative estimate of drug-likeness (QED) is 0.0348. The summed E-state index contributed by atoms with van der Waals surface area (Å²) in [5.41, 5.74) is 3.50. The van der Waals surface area contributed by atoms with Crippen LogP contribution in [0.4, 0.5) is 0 Å². The van der Waals surface area contributed by atoms with E-state index in [4.69, 9.17) is 22.5 Å². The Morgan fingerprint density at radius 2 is 1.31 bits per heavy atom. The Balaban J connectivity index is 1.45. The maximum atomic E-state index is 14.3. The Bertz CT molecular complexity index is 2460. The molecule has 0 radical (unpaired) electrons. The Labute approximate surface area is 415 Å². The summed E-state index contributed by atoms with van der Waals surface area (Å²) in [7, 11) is -6.66. The fourth-order valence-electron chi connectivity index (χ4n) is 7.33. The van der Waals surface area contributed by atoms with E-state index in [2.05, 4.69) is 80.7 Å². The maximum absolute atomic E-state index is 14.3. The van der Waals surface area contributed by atoms with Gasteiger partial charge in [0.25, 0.3) is 0 Å². The second-order valence-electron chi connectivity index (χ2n) is 20.8. The van der Waals surface area contributed by atoms with Crippen molar-refractivity contribution < 1.29 is 36.0 Å². The molecule has 0 saturated carbocycles. The van der Waals surface area contributed by atoms with Gasteiger partial charge >= 0.3 is 10.1 Å². The number of aliphatic hydroxyl groups excluding tert-OH is 1. The summed E-state index contributed by atoms with van der Waals surface area (Å²) in [5.74, 6) is 1.53. The molecule has 5 aromatic carbocycles. The van der Waals surface area contributed by atoms with Gasteiger partial charge in [-0.3, -0.25) is 0 Å². The number of methoxy groups -OCH3 is 1. The van der Waals surface area contributed by atoms with E-state index in [0.717, 1.165) is 74.2 Å². The molecule has 0 aliphatic carbocycles. The van der Waals surface area contributed by atoms with Crippen LogP contribution in [0, 0.1) is 0 Å². The van der Waals surface area contributed by atoms with Gasteiger partial charge in [0.15, 0.2) is 16.6 Å². The third-order valence-corrected chi connectivity index (χ3v) is 25.1. The minimum atomic E-state index is -4.32. The summed E-state index contributed by atoms with van der Waals surface area (Å²) in [6, 6.07) is 35.1. The molecule has 0 saturated heterocycles. The number of hydrogen-bond acceptors (Lipinski definition) is 9. The van der Waals surface area contributed by atoms with Crippen LogP contribution in [0.15, 0.2) is 130 Å². The average Bonchev–Trinajstić information content (AvgIpc) is 3.29. The molecule has 0 heterocycles. The van der Waals surface area contributed by atoms with Crippen LogP contribution in [0.5, 0.6) is 17.2 Å². The molecule has 2 unspecified atom stereocenters. The standard InChI is InChI=1S/C56H78O8S2Si2/c1-13-14-38-61-44-32-34-46(35-33-44)65-52-37-31-42(41-53(52)66(58,59)63-45-25-19-18-20-26-45)47-27-22-23-28-48(47)54(57)49-40-43(30-36-51(49)60-8)50(64-68(11,12)56(5,6)7)29-21-16-15-17-24-39-62-67(9,10)55(2,3)4/h18-20,22-23,25-28,30-37,40-41,50,54,57H,13-17,21,24,29,38-39H2,1-12H3. The predicted molar refractivity (Wildman–Crippen MR) is 286 cm³/mol. The Morgan fingerprint density at radius 3 is 1.97 bits per heavy atom. The van der Waals surface area contributed by atoms with Gasteiger partial charge in [0.1, 0.15) is 28.2 Å². The average molecular weight is 1000 g/mol. The summed E-state index contributed by atoms with van der Waals surface area (Å²) < 4.78 is 59.7. The molecule has 0 aromatic heterocycles. The lowest BCUT2D eigenvalue weighted by molar-refractivity contribution is 0.168. The maximum Gasteiger partial charge on any atom is 0.340 e. The summed E-state index contributed by atoms with van der Waals surface area (Å²) in [4.78, 5) is 1.36. The van der Waals surface area contributed by atoms with Gasteiger partial charge in [-0.1, -0.05) is 147 Å². The zero-order valence-electron chi connectivity index (χ0n) is 42.8. The molecule has 0 bridgehead atoms. The molecule has 1 N–H and O–H groups in total. The minimum absolute atomic E-state index is 0.00312. The fraction of sp³-hybridized carbons (Fsp3) is 0.464. The van der Waals surface area contributed by atoms with Gasteiger partial charge in [0, 0.05) is 22.0 Å². The minimum Gasteiger partial charge on any atom is -0.496 e. The van der Waals surface area contributed by atoms with Gasteiger partial charge in [0.05, 0.1) is 19.8 Å². The van der Waals surface area contributed by atoms with E-state index in [-0.39, 0.29) is 26.8 Å². The summed E-state index contributed by atoms with van der Waals surface area (Å²) in [6.07, 6.45) is 7.04. The highest BCUT2D eigenvalue weighted by Crippen LogP contribution is 2.44. The SMILES string of the molecule is CCCCOc1ccc(Sc2ccc(-c3ccccc3C(O)c3cc(C(CCCCCCCO[Si](C)(C)C(C)(C)C)O[Si](C)(C)C(C)(C)C)ccc3OC)cc2S(=O)(=O)Oc2ccccc2)cc1. The molecule has 12 heteroatoms. The fourth-order valence-corrected chi connectivity index (χ4v) is 12.0. The molecule has 2 atom stereocenters. The van der Waals surface area contributed by atoms with E-state index in [0.29, 0.717) is 39.5 Å². The van der Waals surface area contributed by atoms with Crippen LogP contribution < -0.4 is 13.7 Å². The van der Waals surface area contributed by atoms with E-state index in [1.807, 2.05) is 78.9 Å². The smallest absolute Gasteiger partial charge is 0.340 e. The first-order chi connectivity index (χ1) is 32.1. The molecule has 0 aliphatic heterocycles. The summed E-state index contributed by atoms with van der Waals surface area (Å²) in [6.45, 7) is 26.5. The van der Waals surface area contributed by atoms with Crippen molar-refractivity contribution in [3.05, 3.63) is 132 Å². The van der Waals surface area contributed by atoms with Crippen LogP contribution in [0.3, 0.4) is 0 Å². The molecule has 5 aromatic rings. The highest BCUT2D eigenvalue weighted by Gasteiger charge is 2.40. The first kappa shape index (κ1) is 55.0. The lowest BCUT2D eigenvalue weighted by Crippen LogP contribution is -2.41. The highest BCUT2D eigenvalue weighted by molar-refractivity contribution is 8.00. The summed E-state index contributed by atoms with van der Waals surface area (Å²) in [5, 5.41) is 12.7. The van der Waals surface area contributed by atoms with Gasteiger partial charge in [-0.2, -0.15) is 8.42 Å². The van der Waals surface area contributed by atoms with Crippen molar-refractivity contribution in [2.75, 3.05) is 20.3 Å². The van der Waals surface area contributed by atoms with Crippen LogP contribution in [-0.4, -0.2) is 50.5 Å². The van der Waals surface area contributed by atoms with Crippen LogP contribution in [0.1, 0.15) is 129 Å². The Kier molecular flexibility index (Phi) is 19.7. The van der Waals surface area contributed by atoms with E-state index in [1.54, 1.807) is 37.4 Å². The van der Waals surface area contributed by atoms with Gasteiger partial charge in [-0.25, -0.2) is 0 Å². The lowest BCUT2D eigenvalue weighted by Gasteiger charge is -2.39. The second-order valence-corrected chi connectivity index (χ2v) is 33.0. The Hall–Kier alpha value is -3.89. The molecule has 8 nitrogen and oxygen atoms in total. The third kappa shape index (κ3) is 15.1. The predicted octanol–water partition coefficient (Wildman–Crippen LogP) is 16.0. The van der Waals surface area contributed by atoms with E-state index in [1.165, 1.54) is 11.8 Å². The van der Waals surface area contributed by atoms with Gasteiger partial charge in [-0.15, -0.1) is 0 Å². The highest BCUT2D eigenvalue weighted by atomic mass is 32.2. The van der Waals surface area contributed by atoms with E-state index >= 15 is 0 Å². The van der Waals surface area contributed by atoms with Crippen LogP contribution in [0.2, 0.25) is 36.3 Å². The van der Waals surface area contributed by atoms with Crippen LogP contribution >= 0.6 is 11.8 Å². The van der Waals surface area contributed by atoms with Gasteiger partial charge < -0.3 is 27.6 Å². The van der Waals surface area contributed by atoms with Crippen LogP contribution in [-0.2, 0) is 19.0 Å². The van der Waals surface area contributed by atoms with E-state index in [9.17, 15) is 13.5 Å². The molecule has 0 amide bonds. The normalized spacial score (nSPS) is 13.5. The molecule has 0 fully saturated rings. The number of rotatable bonds is 25. The zero-order chi connectivity index (χ0) is 49.8. The Morgan fingerprint density at radius 1 is 0.662 bits per heavy atom. The van der Waals surface area contributed by atoms with Crippen LogP contribution in [0.25, 0.3) is 11.1 Å². The number of unbranched alkanes of at least 4 members (excludes halogenated alkanes) is 5. The molecular weight excluding hydrogens is 921 g/mol. The lowest BCUT2D eigenvalue weighted by atomic mass is 9.90.